The topological polar surface area (TPSA) is 102 Å². The second kappa shape index (κ2) is 8.16. The third-order valence-corrected chi connectivity index (χ3v) is 2.74. The van der Waals surface area contributed by atoms with Crippen LogP contribution in [0.1, 0.15) is 25.3 Å². The Balaban J connectivity index is 2.55. The lowest BCUT2D eigenvalue weighted by Gasteiger charge is -2.14. The van der Waals surface area contributed by atoms with Crippen LogP contribution in [0.25, 0.3) is 0 Å². The van der Waals surface area contributed by atoms with Crippen molar-refractivity contribution in [3.8, 4) is 5.75 Å². The smallest absolute Gasteiger partial charge is 0.320 e. The Kier molecular flexibility index (Phi) is 6.52. The lowest BCUT2D eigenvalue weighted by molar-refractivity contribution is -0.139. The highest BCUT2D eigenvalue weighted by Gasteiger charge is 2.17. The van der Waals surface area contributed by atoms with Crippen LogP contribution in [0.2, 0.25) is 0 Å². The first-order chi connectivity index (χ1) is 9.52. The van der Waals surface area contributed by atoms with Crippen molar-refractivity contribution in [2.45, 2.75) is 32.4 Å². The Morgan fingerprint density at radius 3 is 2.80 bits per heavy atom. The van der Waals surface area contributed by atoms with Gasteiger partial charge in [0, 0.05) is 13.0 Å². The standard InChI is InChI=1S/C14H20N2O4/c1-2-20-11-5-3-4-10(8-11)9-16-12(14(18)19)6-7-13(15)17/h3-5,8,12,16H,2,6-7,9H2,1H3,(H2,15,17)(H,18,19). The van der Waals surface area contributed by atoms with Gasteiger partial charge in [-0.1, -0.05) is 12.1 Å². The van der Waals surface area contributed by atoms with E-state index in [0.717, 1.165) is 11.3 Å². The van der Waals surface area contributed by atoms with Crippen molar-refractivity contribution < 1.29 is 19.4 Å². The van der Waals surface area contributed by atoms with Crippen LogP contribution in [0.3, 0.4) is 0 Å². The maximum Gasteiger partial charge on any atom is 0.320 e. The molecular weight excluding hydrogens is 260 g/mol. The molecule has 1 unspecified atom stereocenters. The number of hydrogen-bond donors (Lipinski definition) is 3. The number of nitrogens with two attached hydrogens (primary N) is 1. The van der Waals surface area contributed by atoms with Crippen LogP contribution in [-0.2, 0) is 16.1 Å². The van der Waals surface area contributed by atoms with E-state index in [2.05, 4.69) is 5.32 Å². The summed E-state index contributed by atoms with van der Waals surface area (Å²) in [4.78, 5) is 21.8. The largest absolute Gasteiger partial charge is 0.494 e. The summed E-state index contributed by atoms with van der Waals surface area (Å²) in [7, 11) is 0. The molecule has 0 aliphatic heterocycles. The molecule has 4 N–H and O–H groups in total. The number of amides is 1. The zero-order chi connectivity index (χ0) is 15.0. The van der Waals surface area contributed by atoms with Crippen LogP contribution < -0.4 is 15.8 Å². The van der Waals surface area contributed by atoms with Gasteiger partial charge >= 0.3 is 5.97 Å². The van der Waals surface area contributed by atoms with Crippen LogP contribution in [0.5, 0.6) is 5.75 Å². The predicted molar refractivity (Wildman–Crippen MR) is 74.3 cm³/mol. The third-order valence-electron chi connectivity index (χ3n) is 2.74. The molecule has 6 heteroatoms. The fourth-order valence-electron chi connectivity index (χ4n) is 1.75. The summed E-state index contributed by atoms with van der Waals surface area (Å²) in [5.74, 6) is -0.751. The Hall–Kier alpha value is -2.08. The van der Waals surface area contributed by atoms with E-state index in [4.69, 9.17) is 15.6 Å². The fraction of sp³-hybridized carbons (Fsp3) is 0.429. The van der Waals surface area contributed by atoms with Gasteiger partial charge in [0.05, 0.1) is 6.61 Å². The number of aliphatic carboxylic acids is 1. The van der Waals surface area contributed by atoms with Crippen molar-refractivity contribution in [2.75, 3.05) is 6.61 Å². The van der Waals surface area contributed by atoms with Gasteiger partial charge in [0.1, 0.15) is 11.8 Å². The number of carboxylic acids is 1. The number of carbonyl (C=O) groups is 2. The van der Waals surface area contributed by atoms with E-state index >= 15 is 0 Å². The second-order valence-corrected chi connectivity index (χ2v) is 4.36. The summed E-state index contributed by atoms with van der Waals surface area (Å²) < 4.78 is 5.37. The Labute approximate surface area is 117 Å². The van der Waals surface area contributed by atoms with Crippen LogP contribution in [0.15, 0.2) is 24.3 Å². The van der Waals surface area contributed by atoms with Crippen molar-refractivity contribution in [1.82, 2.24) is 5.32 Å². The summed E-state index contributed by atoms with van der Waals surface area (Å²) in [5.41, 5.74) is 5.94. The first kappa shape index (κ1) is 16.0. The molecule has 20 heavy (non-hydrogen) atoms. The predicted octanol–water partition coefficient (Wildman–Crippen LogP) is 0.894. The number of rotatable bonds is 9. The molecule has 110 valence electrons. The highest BCUT2D eigenvalue weighted by molar-refractivity contribution is 5.77. The van der Waals surface area contributed by atoms with Crippen LogP contribution in [0.4, 0.5) is 0 Å². The molecule has 0 aliphatic carbocycles. The lowest BCUT2D eigenvalue weighted by atomic mass is 10.1. The lowest BCUT2D eigenvalue weighted by Crippen LogP contribution is -2.37. The number of benzene rings is 1. The summed E-state index contributed by atoms with van der Waals surface area (Å²) in [5, 5.41) is 12.0. The summed E-state index contributed by atoms with van der Waals surface area (Å²) in [6.45, 7) is 2.86. The van der Waals surface area contributed by atoms with E-state index in [9.17, 15) is 9.59 Å². The maximum atomic E-state index is 11.1. The molecule has 0 saturated heterocycles. The number of ether oxygens (including phenoxy) is 1. The van der Waals surface area contributed by atoms with E-state index in [1.165, 1.54) is 0 Å². The number of nitrogens with one attached hydrogen (secondary N) is 1. The van der Waals surface area contributed by atoms with Crippen LogP contribution in [0, 0.1) is 0 Å². The first-order valence-electron chi connectivity index (χ1n) is 6.49. The van der Waals surface area contributed by atoms with E-state index in [0.29, 0.717) is 13.2 Å². The Morgan fingerprint density at radius 1 is 1.45 bits per heavy atom. The average molecular weight is 280 g/mol. The van der Waals surface area contributed by atoms with E-state index in [1.54, 1.807) is 0 Å². The van der Waals surface area contributed by atoms with E-state index < -0.39 is 17.9 Å². The van der Waals surface area contributed by atoms with Gasteiger partial charge in [-0.15, -0.1) is 0 Å². The zero-order valence-corrected chi connectivity index (χ0v) is 11.5. The quantitative estimate of drug-likeness (QED) is 0.623. The fourth-order valence-corrected chi connectivity index (χ4v) is 1.75. The van der Waals surface area contributed by atoms with Gasteiger partial charge in [0.15, 0.2) is 0 Å². The number of hydrogen-bond acceptors (Lipinski definition) is 4. The second-order valence-electron chi connectivity index (χ2n) is 4.36. The highest BCUT2D eigenvalue weighted by Crippen LogP contribution is 2.13. The number of primary amides is 1. The van der Waals surface area contributed by atoms with Gasteiger partial charge in [0.2, 0.25) is 5.91 Å². The average Bonchev–Trinajstić information content (AvgIpc) is 2.38. The highest BCUT2D eigenvalue weighted by atomic mass is 16.5. The number of carboxylic acid groups (broad SMARTS) is 1. The summed E-state index contributed by atoms with van der Waals surface area (Å²) in [6, 6.07) is 6.63. The van der Waals surface area contributed by atoms with Gasteiger partial charge in [-0.3, -0.25) is 9.59 Å². The van der Waals surface area contributed by atoms with Crippen molar-refractivity contribution in [1.29, 1.82) is 0 Å². The summed E-state index contributed by atoms with van der Waals surface area (Å²) >= 11 is 0. The molecule has 0 aliphatic rings. The van der Waals surface area contributed by atoms with Gasteiger partial charge in [-0.2, -0.15) is 0 Å². The van der Waals surface area contributed by atoms with E-state index in [1.807, 2.05) is 31.2 Å². The molecule has 0 spiro atoms. The van der Waals surface area contributed by atoms with E-state index in [-0.39, 0.29) is 12.8 Å². The van der Waals surface area contributed by atoms with Crippen molar-refractivity contribution >= 4 is 11.9 Å². The molecule has 1 aromatic rings. The molecule has 0 aromatic heterocycles. The van der Waals surface area contributed by atoms with Crippen molar-refractivity contribution in [2.24, 2.45) is 5.73 Å². The number of carbonyl (C=O) groups excluding carboxylic acids is 1. The minimum absolute atomic E-state index is 0.0446. The van der Waals surface area contributed by atoms with Gasteiger partial charge in [-0.05, 0) is 31.0 Å². The molecule has 0 bridgehead atoms. The molecule has 6 nitrogen and oxygen atoms in total. The Morgan fingerprint density at radius 2 is 2.20 bits per heavy atom. The molecule has 0 heterocycles. The van der Waals surface area contributed by atoms with Crippen molar-refractivity contribution in [3.05, 3.63) is 29.8 Å². The monoisotopic (exact) mass is 280 g/mol. The molecule has 0 saturated carbocycles. The SMILES string of the molecule is CCOc1cccc(CNC(CCC(N)=O)C(=O)O)c1. The maximum absolute atomic E-state index is 11.1. The van der Waals surface area contributed by atoms with Gasteiger partial charge in [0.25, 0.3) is 0 Å². The molecule has 0 fully saturated rings. The van der Waals surface area contributed by atoms with Crippen LogP contribution in [-0.4, -0.2) is 29.6 Å². The molecule has 1 atom stereocenters. The Bertz CT molecular complexity index is 462. The van der Waals surface area contributed by atoms with Gasteiger partial charge < -0.3 is 20.9 Å². The minimum Gasteiger partial charge on any atom is -0.494 e. The molecule has 1 amide bonds. The normalized spacial score (nSPS) is 11.8. The minimum atomic E-state index is -0.993. The molecule has 0 radical (unpaired) electrons. The van der Waals surface area contributed by atoms with Crippen LogP contribution >= 0.6 is 0 Å². The third kappa shape index (κ3) is 5.71. The molecule has 1 rings (SSSR count). The first-order valence-corrected chi connectivity index (χ1v) is 6.49. The zero-order valence-electron chi connectivity index (χ0n) is 11.5. The van der Waals surface area contributed by atoms with Crippen molar-refractivity contribution in [3.63, 3.8) is 0 Å². The summed E-state index contributed by atoms with van der Waals surface area (Å²) in [6.07, 6.45) is 0.221. The molecular formula is C14H20N2O4. The van der Waals surface area contributed by atoms with Gasteiger partial charge in [-0.25, -0.2) is 0 Å². The molecule has 1 aromatic carbocycles.